The average Bonchev–Trinajstić information content (AvgIpc) is 3.38. The lowest BCUT2D eigenvalue weighted by Crippen LogP contribution is -2.41. The molecule has 2 heterocycles. The summed E-state index contributed by atoms with van der Waals surface area (Å²) < 4.78 is 10.8. The molecule has 1 aromatic heterocycles. The van der Waals surface area contributed by atoms with Crippen molar-refractivity contribution < 1.29 is 23.5 Å². The highest BCUT2D eigenvalue weighted by atomic mass is 16.5. The monoisotopic (exact) mass is 404 g/mol. The molecular formula is C23H20N2O5. The van der Waals surface area contributed by atoms with Gasteiger partial charge in [0.25, 0.3) is 5.91 Å². The highest BCUT2D eigenvalue weighted by Gasteiger charge is 2.55. The third-order valence-corrected chi connectivity index (χ3v) is 5.90. The first-order valence-corrected chi connectivity index (χ1v) is 9.95. The van der Waals surface area contributed by atoms with Crippen LogP contribution >= 0.6 is 0 Å². The van der Waals surface area contributed by atoms with Crippen molar-refractivity contribution in [1.29, 1.82) is 0 Å². The molecule has 30 heavy (non-hydrogen) atoms. The summed E-state index contributed by atoms with van der Waals surface area (Å²) in [5.41, 5.74) is 1.83. The maximum Gasteiger partial charge on any atom is 0.374 e. The van der Waals surface area contributed by atoms with Crippen LogP contribution in [-0.4, -0.2) is 29.4 Å². The molecule has 2 aromatic carbocycles. The van der Waals surface area contributed by atoms with E-state index >= 15 is 0 Å². The number of aryl methyl sites for hydroxylation is 1. The van der Waals surface area contributed by atoms with Crippen LogP contribution in [-0.2, 0) is 28.0 Å². The Labute approximate surface area is 172 Å². The zero-order chi connectivity index (χ0) is 20.9. The standard InChI is InChI=1S/C23H20N2O5/c1-2-29-20(26)19-16(15-8-4-6-10-18(15)30-19)13-25-21(27)23(24-22(25)28)12-11-14-7-3-5-9-17(14)23/h3-10H,2,11-13H2,1H3,(H,24,28)/t23-/m1/s1. The first-order valence-electron chi connectivity index (χ1n) is 9.95. The van der Waals surface area contributed by atoms with E-state index in [1.807, 2.05) is 30.3 Å². The van der Waals surface area contributed by atoms with Gasteiger partial charge in [-0.3, -0.25) is 9.69 Å². The fourth-order valence-corrected chi connectivity index (χ4v) is 4.51. The van der Waals surface area contributed by atoms with E-state index in [1.54, 1.807) is 25.1 Å². The minimum absolute atomic E-state index is 0.0198. The summed E-state index contributed by atoms with van der Waals surface area (Å²) in [6.45, 7) is 1.83. The zero-order valence-corrected chi connectivity index (χ0v) is 16.4. The Morgan fingerprint density at radius 1 is 1.17 bits per heavy atom. The molecule has 1 saturated heterocycles. The number of furan rings is 1. The van der Waals surface area contributed by atoms with Crippen LogP contribution in [0.3, 0.4) is 0 Å². The molecule has 0 unspecified atom stereocenters. The van der Waals surface area contributed by atoms with E-state index in [0.717, 1.165) is 17.5 Å². The van der Waals surface area contributed by atoms with Crippen molar-refractivity contribution in [3.05, 3.63) is 71.0 Å². The molecule has 1 aliphatic carbocycles. The molecule has 1 fully saturated rings. The molecule has 1 spiro atoms. The van der Waals surface area contributed by atoms with Gasteiger partial charge in [-0.1, -0.05) is 42.5 Å². The van der Waals surface area contributed by atoms with Crippen LogP contribution in [0, 0.1) is 0 Å². The second kappa shape index (κ2) is 6.73. The number of benzene rings is 2. The molecule has 7 heteroatoms. The van der Waals surface area contributed by atoms with Crippen LogP contribution in [0.15, 0.2) is 52.9 Å². The lowest BCUT2D eigenvalue weighted by Gasteiger charge is -2.22. The van der Waals surface area contributed by atoms with Gasteiger partial charge in [0, 0.05) is 10.9 Å². The Morgan fingerprint density at radius 2 is 1.93 bits per heavy atom. The lowest BCUT2D eigenvalue weighted by atomic mass is 9.92. The molecule has 3 amide bonds. The number of para-hydroxylation sites is 1. The van der Waals surface area contributed by atoms with Crippen LogP contribution in [0.5, 0.6) is 0 Å². The highest BCUT2D eigenvalue weighted by molar-refractivity contribution is 6.08. The molecule has 152 valence electrons. The molecule has 0 saturated carbocycles. The Hall–Kier alpha value is -3.61. The van der Waals surface area contributed by atoms with Crippen LogP contribution in [0.2, 0.25) is 0 Å². The summed E-state index contributed by atoms with van der Waals surface area (Å²) in [5, 5.41) is 3.59. The summed E-state index contributed by atoms with van der Waals surface area (Å²) in [7, 11) is 0. The molecule has 0 radical (unpaired) electrons. The number of carbonyl (C=O) groups excluding carboxylic acids is 3. The van der Waals surface area contributed by atoms with Gasteiger partial charge in [0.1, 0.15) is 11.1 Å². The number of nitrogens with zero attached hydrogens (tertiary/aromatic N) is 1. The van der Waals surface area contributed by atoms with Gasteiger partial charge in [-0.25, -0.2) is 9.59 Å². The molecule has 7 nitrogen and oxygen atoms in total. The number of hydrogen-bond acceptors (Lipinski definition) is 5. The highest BCUT2D eigenvalue weighted by Crippen LogP contribution is 2.42. The average molecular weight is 404 g/mol. The van der Waals surface area contributed by atoms with Crippen LogP contribution in [0.25, 0.3) is 11.0 Å². The van der Waals surface area contributed by atoms with Crippen molar-refractivity contribution in [1.82, 2.24) is 10.2 Å². The van der Waals surface area contributed by atoms with Crippen LogP contribution < -0.4 is 5.32 Å². The largest absolute Gasteiger partial charge is 0.460 e. The quantitative estimate of drug-likeness (QED) is 0.531. The Kier molecular flexibility index (Phi) is 4.13. The summed E-state index contributed by atoms with van der Waals surface area (Å²) in [5.74, 6) is -0.902. The van der Waals surface area contributed by atoms with Crippen molar-refractivity contribution in [3.8, 4) is 0 Å². The molecule has 1 N–H and O–H groups in total. The van der Waals surface area contributed by atoms with Crippen molar-refractivity contribution in [2.75, 3.05) is 6.61 Å². The Morgan fingerprint density at radius 3 is 2.77 bits per heavy atom. The van der Waals surface area contributed by atoms with Crippen molar-refractivity contribution in [2.45, 2.75) is 31.8 Å². The minimum atomic E-state index is -1.04. The summed E-state index contributed by atoms with van der Waals surface area (Å²) in [6, 6.07) is 14.3. The van der Waals surface area contributed by atoms with E-state index in [-0.39, 0.29) is 24.8 Å². The molecular weight excluding hydrogens is 384 g/mol. The molecule has 5 rings (SSSR count). The maximum absolute atomic E-state index is 13.5. The van der Waals surface area contributed by atoms with Gasteiger partial charge in [0.05, 0.1) is 13.2 Å². The van der Waals surface area contributed by atoms with E-state index in [0.29, 0.717) is 23.0 Å². The van der Waals surface area contributed by atoms with Gasteiger partial charge in [-0.15, -0.1) is 0 Å². The zero-order valence-electron chi connectivity index (χ0n) is 16.4. The van der Waals surface area contributed by atoms with E-state index < -0.39 is 17.5 Å². The summed E-state index contributed by atoms with van der Waals surface area (Å²) >= 11 is 0. The van der Waals surface area contributed by atoms with Crippen molar-refractivity contribution in [2.24, 2.45) is 0 Å². The second-order valence-electron chi connectivity index (χ2n) is 7.51. The van der Waals surface area contributed by atoms with Crippen LogP contribution in [0.4, 0.5) is 4.79 Å². The second-order valence-corrected chi connectivity index (χ2v) is 7.51. The van der Waals surface area contributed by atoms with Gasteiger partial charge < -0.3 is 14.5 Å². The number of imide groups is 1. The van der Waals surface area contributed by atoms with Crippen molar-refractivity contribution in [3.63, 3.8) is 0 Å². The van der Waals surface area contributed by atoms with Crippen LogP contribution in [0.1, 0.15) is 40.6 Å². The summed E-state index contributed by atoms with van der Waals surface area (Å²) in [6.07, 6.45) is 1.24. The third-order valence-electron chi connectivity index (χ3n) is 5.90. The number of hydrogen-bond donors (Lipinski definition) is 1. The molecule has 3 aromatic rings. The molecule has 1 atom stereocenters. The van der Waals surface area contributed by atoms with Gasteiger partial charge >= 0.3 is 12.0 Å². The number of rotatable bonds is 4. The molecule has 2 aliphatic rings. The number of nitrogens with one attached hydrogen (secondary N) is 1. The van der Waals surface area contributed by atoms with Gasteiger partial charge in [-0.2, -0.15) is 0 Å². The topological polar surface area (TPSA) is 88.8 Å². The third kappa shape index (κ3) is 2.55. The SMILES string of the molecule is CCOC(=O)c1oc2ccccc2c1CN1C(=O)N[C@@]2(CCc3ccccc32)C1=O. The predicted octanol–water partition coefficient (Wildman–Crippen LogP) is 3.50. The van der Waals surface area contributed by atoms with Crippen molar-refractivity contribution >= 4 is 28.9 Å². The Bertz CT molecular complexity index is 1200. The maximum atomic E-state index is 13.5. The minimum Gasteiger partial charge on any atom is -0.460 e. The fourth-order valence-electron chi connectivity index (χ4n) is 4.51. The predicted molar refractivity (Wildman–Crippen MR) is 108 cm³/mol. The Balaban J connectivity index is 1.55. The lowest BCUT2D eigenvalue weighted by molar-refractivity contribution is -0.132. The first-order chi connectivity index (χ1) is 14.5. The first kappa shape index (κ1) is 18.4. The van der Waals surface area contributed by atoms with E-state index in [1.165, 1.54) is 4.90 Å². The number of esters is 1. The van der Waals surface area contributed by atoms with Gasteiger partial charge in [-0.05, 0) is 37.0 Å². The molecule has 0 bridgehead atoms. The number of amides is 3. The molecule has 1 aliphatic heterocycles. The summed E-state index contributed by atoms with van der Waals surface area (Å²) in [4.78, 5) is 40.0. The number of carbonyl (C=O) groups is 3. The smallest absolute Gasteiger partial charge is 0.374 e. The normalized spacial score (nSPS) is 20.1. The van der Waals surface area contributed by atoms with E-state index in [2.05, 4.69) is 5.32 Å². The van der Waals surface area contributed by atoms with E-state index in [4.69, 9.17) is 9.15 Å². The fraction of sp³-hybridized carbons (Fsp3) is 0.261. The number of fused-ring (bicyclic) bond motifs is 3. The number of ether oxygens (including phenoxy) is 1. The van der Waals surface area contributed by atoms with Gasteiger partial charge in [0.2, 0.25) is 5.76 Å². The number of urea groups is 1. The van der Waals surface area contributed by atoms with E-state index in [9.17, 15) is 14.4 Å². The van der Waals surface area contributed by atoms with Gasteiger partial charge in [0.15, 0.2) is 0 Å².